The van der Waals surface area contributed by atoms with Crippen LogP contribution in [0.4, 0.5) is 5.69 Å². The first-order valence-corrected chi connectivity index (χ1v) is 7.06. The number of benzene rings is 1. The van der Waals surface area contributed by atoms with Crippen LogP contribution in [0.25, 0.3) is 6.08 Å². The number of amides is 1. The zero-order valence-electron chi connectivity index (χ0n) is 11.7. The Hall–Kier alpha value is -2.21. The molecule has 1 heterocycles. The van der Waals surface area contributed by atoms with Crippen molar-refractivity contribution < 1.29 is 9.72 Å². The molecule has 0 radical (unpaired) electrons. The van der Waals surface area contributed by atoms with Gasteiger partial charge in [-0.25, -0.2) is 0 Å². The molecule has 1 amide bonds. The summed E-state index contributed by atoms with van der Waals surface area (Å²) < 4.78 is 0. The smallest absolute Gasteiger partial charge is 0.269 e. The van der Waals surface area contributed by atoms with Gasteiger partial charge in [0.2, 0.25) is 5.91 Å². The second-order valence-electron chi connectivity index (χ2n) is 5.14. The zero-order chi connectivity index (χ0) is 15.1. The van der Waals surface area contributed by atoms with Gasteiger partial charge in [0.05, 0.1) is 4.92 Å². The summed E-state index contributed by atoms with van der Waals surface area (Å²) in [7, 11) is 0. The van der Waals surface area contributed by atoms with Gasteiger partial charge in [-0.2, -0.15) is 0 Å². The van der Waals surface area contributed by atoms with Crippen LogP contribution in [0, 0.1) is 16.0 Å². The van der Waals surface area contributed by atoms with Gasteiger partial charge in [-0.1, -0.05) is 0 Å². The molecule has 1 aromatic rings. The van der Waals surface area contributed by atoms with Crippen LogP contribution in [0.2, 0.25) is 0 Å². The van der Waals surface area contributed by atoms with Crippen LogP contribution in [0.3, 0.4) is 0 Å². The predicted molar refractivity (Wildman–Crippen MR) is 80.7 cm³/mol. The second kappa shape index (κ2) is 7.54. The van der Waals surface area contributed by atoms with Gasteiger partial charge in [0.15, 0.2) is 0 Å². The lowest BCUT2D eigenvalue weighted by molar-refractivity contribution is -0.384. The van der Waals surface area contributed by atoms with E-state index in [0.29, 0.717) is 12.5 Å². The Morgan fingerprint density at radius 1 is 1.43 bits per heavy atom. The van der Waals surface area contributed by atoms with Crippen molar-refractivity contribution in [3.05, 3.63) is 46.0 Å². The highest BCUT2D eigenvalue weighted by Gasteiger charge is 2.12. The predicted octanol–water partition coefficient (Wildman–Crippen LogP) is 1.72. The first kappa shape index (κ1) is 15.2. The van der Waals surface area contributed by atoms with E-state index in [4.69, 9.17) is 0 Å². The average molecular weight is 289 g/mol. The number of hydrogen-bond donors (Lipinski definition) is 2. The average Bonchev–Trinajstić information content (AvgIpc) is 2.52. The molecule has 21 heavy (non-hydrogen) atoms. The van der Waals surface area contributed by atoms with E-state index in [9.17, 15) is 14.9 Å². The Bertz CT molecular complexity index is 519. The maximum Gasteiger partial charge on any atom is 0.269 e. The molecule has 1 atom stereocenters. The molecule has 112 valence electrons. The lowest BCUT2D eigenvalue weighted by Crippen LogP contribution is -2.37. The summed E-state index contributed by atoms with van der Waals surface area (Å²) in [6, 6.07) is 6.08. The van der Waals surface area contributed by atoms with Crippen LogP contribution < -0.4 is 10.6 Å². The molecule has 1 aliphatic rings. The van der Waals surface area contributed by atoms with Crippen molar-refractivity contribution in [2.45, 2.75) is 12.8 Å². The zero-order valence-corrected chi connectivity index (χ0v) is 11.7. The van der Waals surface area contributed by atoms with Crippen molar-refractivity contribution in [2.24, 2.45) is 5.92 Å². The van der Waals surface area contributed by atoms with Crippen molar-refractivity contribution in [3.8, 4) is 0 Å². The van der Waals surface area contributed by atoms with Gasteiger partial charge in [0.1, 0.15) is 0 Å². The molecular weight excluding hydrogens is 270 g/mol. The number of nitro benzene ring substituents is 1. The number of non-ortho nitro benzene ring substituents is 1. The van der Waals surface area contributed by atoms with Crippen molar-refractivity contribution in [2.75, 3.05) is 19.6 Å². The van der Waals surface area contributed by atoms with Crippen LogP contribution in [0.5, 0.6) is 0 Å². The van der Waals surface area contributed by atoms with E-state index in [1.807, 2.05) is 0 Å². The Morgan fingerprint density at radius 2 is 2.19 bits per heavy atom. The molecule has 6 nitrogen and oxygen atoms in total. The van der Waals surface area contributed by atoms with E-state index in [1.54, 1.807) is 18.2 Å². The third kappa shape index (κ3) is 5.00. The normalized spacial score (nSPS) is 18.6. The Morgan fingerprint density at radius 3 is 2.81 bits per heavy atom. The Balaban J connectivity index is 1.79. The molecule has 0 saturated carbocycles. The van der Waals surface area contributed by atoms with Crippen LogP contribution in [-0.2, 0) is 4.79 Å². The number of rotatable bonds is 5. The van der Waals surface area contributed by atoms with Gasteiger partial charge in [0.25, 0.3) is 5.69 Å². The monoisotopic (exact) mass is 289 g/mol. The highest BCUT2D eigenvalue weighted by Crippen LogP contribution is 2.13. The van der Waals surface area contributed by atoms with Crippen molar-refractivity contribution in [3.63, 3.8) is 0 Å². The number of piperidine rings is 1. The highest BCUT2D eigenvalue weighted by atomic mass is 16.6. The summed E-state index contributed by atoms with van der Waals surface area (Å²) in [6.07, 6.45) is 5.40. The van der Waals surface area contributed by atoms with Crippen LogP contribution >= 0.6 is 0 Å². The third-order valence-corrected chi connectivity index (χ3v) is 3.49. The molecular formula is C15H19N3O3. The van der Waals surface area contributed by atoms with Gasteiger partial charge < -0.3 is 10.6 Å². The Kier molecular flexibility index (Phi) is 5.45. The van der Waals surface area contributed by atoms with Gasteiger partial charge in [-0.05, 0) is 55.6 Å². The quantitative estimate of drug-likeness (QED) is 0.491. The number of nitrogens with zero attached hydrogens (tertiary/aromatic N) is 1. The van der Waals surface area contributed by atoms with Crippen molar-refractivity contribution in [1.82, 2.24) is 10.6 Å². The molecule has 1 saturated heterocycles. The molecule has 0 bridgehead atoms. The lowest BCUT2D eigenvalue weighted by Gasteiger charge is -2.22. The second-order valence-corrected chi connectivity index (χ2v) is 5.14. The molecule has 2 N–H and O–H groups in total. The molecule has 2 rings (SSSR count). The molecule has 1 fully saturated rings. The van der Waals surface area contributed by atoms with E-state index < -0.39 is 4.92 Å². The molecule has 1 aliphatic heterocycles. The molecule has 1 unspecified atom stereocenters. The summed E-state index contributed by atoms with van der Waals surface area (Å²) >= 11 is 0. The number of nitro groups is 1. The van der Waals surface area contributed by atoms with Crippen molar-refractivity contribution in [1.29, 1.82) is 0 Å². The summed E-state index contributed by atoms with van der Waals surface area (Å²) in [5, 5.41) is 16.7. The SMILES string of the molecule is O=C(C=Cc1ccc([N+](=O)[O-])cc1)NCC1CCCNC1. The van der Waals surface area contributed by atoms with Gasteiger partial charge in [0, 0.05) is 24.8 Å². The summed E-state index contributed by atoms with van der Waals surface area (Å²) in [4.78, 5) is 21.8. The first-order valence-electron chi connectivity index (χ1n) is 7.06. The van der Waals surface area contributed by atoms with Gasteiger partial charge >= 0.3 is 0 Å². The van der Waals surface area contributed by atoms with Gasteiger partial charge in [-0.3, -0.25) is 14.9 Å². The third-order valence-electron chi connectivity index (χ3n) is 3.49. The van der Waals surface area contributed by atoms with E-state index in [2.05, 4.69) is 10.6 Å². The number of nitrogens with one attached hydrogen (secondary N) is 2. The fourth-order valence-electron chi connectivity index (χ4n) is 2.28. The fourth-order valence-corrected chi connectivity index (χ4v) is 2.28. The molecule has 0 spiro atoms. The van der Waals surface area contributed by atoms with E-state index in [0.717, 1.165) is 31.5 Å². The summed E-state index contributed by atoms with van der Waals surface area (Å²) in [5.41, 5.74) is 0.802. The standard InChI is InChI=1S/C15H19N3O3/c19-15(17-11-13-2-1-9-16-10-13)8-5-12-3-6-14(7-4-12)18(20)21/h3-8,13,16H,1-2,9-11H2,(H,17,19). The van der Waals surface area contributed by atoms with Crippen LogP contribution in [-0.4, -0.2) is 30.5 Å². The fraction of sp³-hybridized carbons (Fsp3) is 0.400. The molecule has 1 aromatic carbocycles. The maximum absolute atomic E-state index is 11.7. The first-order chi connectivity index (χ1) is 10.1. The molecule has 0 aromatic heterocycles. The minimum absolute atomic E-state index is 0.0430. The summed E-state index contributed by atoms with van der Waals surface area (Å²) in [5.74, 6) is 0.356. The van der Waals surface area contributed by atoms with Crippen molar-refractivity contribution >= 4 is 17.7 Å². The number of hydrogen-bond acceptors (Lipinski definition) is 4. The minimum atomic E-state index is -0.446. The van der Waals surface area contributed by atoms with E-state index >= 15 is 0 Å². The topological polar surface area (TPSA) is 84.3 Å². The van der Waals surface area contributed by atoms with Crippen LogP contribution in [0.1, 0.15) is 18.4 Å². The highest BCUT2D eigenvalue weighted by molar-refractivity contribution is 5.91. The van der Waals surface area contributed by atoms with E-state index in [-0.39, 0.29) is 11.6 Å². The largest absolute Gasteiger partial charge is 0.352 e. The maximum atomic E-state index is 11.7. The number of carbonyl (C=O) groups excluding carboxylic acids is 1. The van der Waals surface area contributed by atoms with E-state index in [1.165, 1.54) is 18.2 Å². The Labute approximate surface area is 123 Å². The molecule has 0 aliphatic carbocycles. The minimum Gasteiger partial charge on any atom is -0.352 e. The number of carbonyl (C=O) groups is 1. The lowest BCUT2D eigenvalue weighted by atomic mass is 10.00. The summed E-state index contributed by atoms with van der Waals surface area (Å²) in [6.45, 7) is 2.69. The van der Waals surface area contributed by atoms with Crippen LogP contribution in [0.15, 0.2) is 30.3 Å². The molecule has 6 heteroatoms. The van der Waals surface area contributed by atoms with Gasteiger partial charge in [-0.15, -0.1) is 0 Å².